The van der Waals surface area contributed by atoms with Gasteiger partial charge < -0.3 is 10.6 Å². The molecule has 2 heterocycles. The minimum Gasteiger partial charge on any atom is -0.318 e. The van der Waals surface area contributed by atoms with Crippen LogP contribution in [0.5, 0.6) is 0 Å². The number of nitrogens with one attached hydrogen (secondary N) is 2. The molecule has 8 heteroatoms. The van der Waals surface area contributed by atoms with E-state index >= 15 is 0 Å². The molecule has 0 saturated heterocycles. The minimum atomic E-state index is -0.392. The Morgan fingerprint density at radius 2 is 1.74 bits per heavy atom. The molecule has 31 heavy (non-hydrogen) atoms. The van der Waals surface area contributed by atoms with Gasteiger partial charge in [-0.2, -0.15) is 10.2 Å². The lowest BCUT2D eigenvalue weighted by Crippen LogP contribution is -2.13. The number of hydrogen-bond acceptors (Lipinski definition) is 4. The molecular formula is C23H22N6O2. The molecule has 0 saturated carbocycles. The Bertz CT molecular complexity index is 1210. The van der Waals surface area contributed by atoms with Crippen LogP contribution in [0, 0.1) is 6.92 Å². The second-order valence-electron chi connectivity index (χ2n) is 7.21. The van der Waals surface area contributed by atoms with Crippen LogP contribution in [0.4, 0.5) is 11.5 Å². The first-order valence-electron chi connectivity index (χ1n) is 9.80. The monoisotopic (exact) mass is 414 g/mol. The summed E-state index contributed by atoms with van der Waals surface area (Å²) in [5, 5.41) is 14.2. The number of aromatic nitrogens is 4. The molecule has 0 aliphatic rings. The molecule has 8 nitrogen and oxygen atoms in total. The van der Waals surface area contributed by atoms with E-state index < -0.39 is 5.91 Å². The molecule has 0 aliphatic heterocycles. The van der Waals surface area contributed by atoms with Crippen molar-refractivity contribution in [2.45, 2.75) is 20.4 Å². The first-order chi connectivity index (χ1) is 15.0. The highest BCUT2D eigenvalue weighted by Gasteiger charge is 2.17. The summed E-state index contributed by atoms with van der Waals surface area (Å²) in [4.78, 5) is 24.3. The van der Waals surface area contributed by atoms with Crippen molar-refractivity contribution in [2.75, 3.05) is 10.6 Å². The average Bonchev–Trinajstić information content (AvgIpc) is 3.37. The van der Waals surface area contributed by atoms with Gasteiger partial charge in [-0.1, -0.05) is 48.0 Å². The van der Waals surface area contributed by atoms with Crippen molar-refractivity contribution in [3.63, 3.8) is 0 Å². The van der Waals surface area contributed by atoms with Gasteiger partial charge in [0, 0.05) is 19.2 Å². The van der Waals surface area contributed by atoms with E-state index in [1.807, 2.05) is 37.3 Å². The number of aryl methyl sites for hydroxylation is 1. The molecule has 0 bridgehead atoms. The molecule has 0 radical (unpaired) electrons. The van der Waals surface area contributed by atoms with Gasteiger partial charge in [-0.05, 0) is 24.6 Å². The summed E-state index contributed by atoms with van der Waals surface area (Å²) in [6.45, 7) is 4.05. The number of hydrogen-bond donors (Lipinski definition) is 2. The summed E-state index contributed by atoms with van der Waals surface area (Å²) < 4.78 is 3.28. The lowest BCUT2D eigenvalue weighted by atomic mass is 10.1. The minimum absolute atomic E-state index is 0.180. The van der Waals surface area contributed by atoms with Crippen LogP contribution >= 0.6 is 0 Å². The number of benzene rings is 2. The molecule has 2 aromatic heterocycles. The molecular weight excluding hydrogens is 392 g/mol. The largest absolute Gasteiger partial charge is 0.318 e. The molecule has 0 fully saturated rings. The summed E-state index contributed by atoms with van der Waals surface area (Å²) >= 11 is 0. The lowest BCUT2D eigenvalue weighted by Gasteiger charge is -2.06. The van der Waals surface area contributed by atoms with Crippen LogP contribution in [0.15, 0.2) is 73.1 Å². The Balaban J connectivity index is 1.51. The Hall–Kier alpha value is -4.20. The van der Waals surface area contributed by atoms with Crippen molar-refractivity contribution in [2.24, 2.45) is 0 Å². The van der Waals surface area contributed by atoms with E-state index in [1.54, 1.807) is 23.1 Å². The van der Waals surface area contributed by atoms with Gasteiger partial charge in [-0.3, -0.25) is 14.3 Å². The number of amides is 2. The molecule has 2 aromatic carbocycles. The second-order valence-corrected chi connectivity index (χ2v) is 7.21. The SMILES string of the molecule is CC(=O)Nc1cc(C(=O)Nc2cnn(Cc3ccc(C)cc3)c2)nn1-c1ccccc1. The third-order valence-electron chi connectivity index (χ3n) is 4.60. The summed E-state index contributed by atoms with van der Waals surface area (Å²) in [7, 11) is 0. The third kappa shape index (κ3) is 4.87. The first-order valence-corrected chi connectivity index (χ1v) is 9.80. The van der Waals surface area contributed by atoms with Gasteiger partial charge in [0.15, 0.2) is 5.69 Å². The van der Waals surface area contributed by atoms with Crippen LogP contribution in [0.2, 0.25) is 0 Å². The lowest BCUT2D eigenvalue weighted by molar-refractivity contribution is -0.114. The van der Waals surface area contributed by atoms with Crippen LogP contribution in [0.3, 0.4) is 0 Å². The van der Waals surface area contributed by atoms with Crippen molar-refractivity contribution in [3.05, 3.63) is 89.9 Å². The highest BCUT2D eigenvalue weighted by molar-refractivity contribution is 6.03. The van der Waals surface area contributed by atoms with Gasteiger partial charge >= 0.3 is 0 Å². The highest BCUT2D eigenvalue weighted by Crippen LogP contribution is 2.18. The molecule has 156 valence electrons. The molecule has 0 spiro atoms. The maximum atomic E-state index is 12.8. The average molecular weight is 414 g/mol. The van der Waals surface area contributed by atoms with E-state index in [0.29, 0.717) is 18.1 Å². The Labute approximate surface area is 179 Å². The van der Waals surface area contributed by atoms with Gasteiger partial charge in [-0.25, -0.2) is 4.68 Å². The van der Waals surface area contributed by atoms with E-state index in [-0.39, 0.29) is 11.6 Å². The van der Waals surface area contributed by atoms with E-state index in [1.165, 1.54) is 17.2 Å². The van der Waals surface area contributed by atoms with Gasteiger partial charge in [0.1, 0.15) is 5.82 Å². The highest BCUT2D eigenvalue weighted by atomic mass is 16.2. The number of rotatable bonds is 6. The maximum absolute atomic E-state index is 12.8. The Kier molecular flexibility index (Phi) is 5.61. The second kappa shape index (κ2) is 8.66. The summed E-state index contributed by atoms with van der Waals surface area (Å²) in [6, 6.07) is 19.0. The zero-order valence-corrected chi connectivity index (χ0v) is 17.2. The smallest absolute Gasteiger partial charge is 0.276 e. The number of nitrogens with zero attached hydrogens (tertiary/aromatic N) is 4. The van der Waals surface area contributed by atoms with Crippen LogP contribution in [0.1, 0.15) is 28.5 Å². The summed E-state index contributed by atoms with van der Waals surface area (Å²) in [6.07, 6.45) is 3.36. The summed E-state index contributed by atoms with van der Waals surface area (Å²) in [5.74, 6) is -0.225. The van der Waals surface area contributed by atoms with Crippen molar-refractivity contribution < 1.29 is 9.59 Å². The Morgan fingerprint density at radius 1 is 1.00 bits per heavy atom. The molecule has 0 aliphatic carbocycles. The Morgan fingerprint density at radius 3 is 2.45 bits per heavy atom. The predicted molar refractivity (Wildman–Crippen MR) is 118 cm³/mol. The molecule has 2 amide bonds. The fourth-order valence-corrected chi connectivity index (χ4v) is 3.12. The zero-order chi connectivity index (χ0) is 21.8. The van der Waals surface area contributed by atoms with Gasteiger partial charge in [0.2, 0.25) is 5.91 Å². The van der Waals surface area contributed by atoms with E-state index in [9.17, 15) is 9.59 Å². The van der Waals surface area contributed by atoms with E-state index in [2.05, 4.69) is 45.1 Å². The van der Waals surface area contributed by atoms with Gasteiger partial charge in [-0.15, -0.1) is 0 Å². The standard InChI is InChI=1S/C23H22N6O2/c1-16-8-10-18(11-9-16)14-28-15-19(13-24-28)26-23(31)21-12-22(25-17(2)30)29(27-21)20-6-4-3-5-7-20/h3-13,15H,14H2,1-2H3,(H,25,30)(H,26,31). The third-order valence-corrected chi connectivity index (χ3v) is 4.60. The van der Waals surface area contributed by atoms with Crippen molar-refractivity contribution in [1.82, 2.24) is 19.6 Å². The molecule has 2 N–H and O–H groups in total. The maximum Gasteiger partial charge on any atom is 0.276 e. The van der Waals surface area contributed by atoms with Crippen molar-refractivity contribution >= 4 is 23.3 Å². The van der Waals surface area contributed by atoms with Crippen LogP contribution < -0.4 is 10.6 Å². The van der Waals surface area contributed by atoms with Crippen LogP contribution in [-0.2, 0) is 11.3 Å². The summed E-state index contributed by atoms with van der Waals surface area (Å²) in [5.41, 5.74) is 3.79. The topological polar surface area (TPSA) is 93.8 Å². The van der Waals surface area contributed by atoms with Gasteiger partial charge in [0.05, 0.1) is 24.1 Å². The van der Waals surface area contributed by atoms with Gasteiger partial charge in [0.25, 0.3) is 5.91 Å². The van der Waals surface area contributed by atoms with Crippen LogP contribution in [-0.4, -0.2) is 31.4 Å². The number of anilines is 2. The fraction of sp³-hybridized carbons (Fsp3) is 0.130. The molecule has 0 unspecified atom stereocenters. The number of carbonyl (C=O) groups is 2. The quantitative estimate of drug-likeness (QED) is 0.504. The van der Waals surface area contributed by atoms with Crippen molar-refractivity contribution in [1.29, 1.82) is 0 Å². The van der Waals surface area contributed by atoms with Crippen molar-refractivity contribution in [3.8, 4) is 5.69 Å². The zero-order valence-electron chi connectivity index (χ0n) is 17.2. The molecule has 0 atom stereocenters. The molecule has 4 aromatic rings. The molecule has 4 rings (SSSR count). The fourth-order valence-electron chi connectivity index (χ4n) is 3.12. The van der Waals surface area contributed by atoms with E-state index in [4.69, 9.17) is 0 Å². The predicted octanol–water partition coefficient (Wildman–Crippen LogP) is 3.64. The number of carbonyl (C=O) groups excluding carboxylic acids is 2. The van der Waals surface area contributed by atoms with E-state index in [0.717, 1.165) is 11.3 Å². The van der Waals surface area contributed by atoms with Crippen LogP contribution in [0.25, 0.3) is 5.69 Å². The normalized spacial score (nSPS) is 10.6. The number of para-hydroxylation sites is 1. The first kappa shape index (κ1) is 20.1.